The predicted molar refractivity (Wildman–Crippen MR) is 102 cm³/mol. The molecule has 2 heterocycles. The minimum Gasteiger partial charge on any atom is -0.260 e. The molecule has 0 unspecified atom stereocenters. The molecule has 126 valence electrons. The summed E-state index contributed by atoms with van der Waals surface area (Å²) in [5, 5.41) is 8.54. The van der Waals surface area contributed by atoms with Gasteiger partial charge in [0.15, 0.2) is 5.84 Å². The molecule has 3 aromatic rings. The fourth-order valence-electron chi connectivity index (χ4n) is 3.20. The van der Waals surface area contributed by atoms with Crippen LogP contribution in [0.2, 0.25) is 0 Å². The Balaban J connectivity index is 1.68. The van der Waals surface area contributed by atoms with E-state index in [1.165, 1.54) is 5.56 Å². The molecule has 25 heavy (non-hydrogen) atoms. The van der Waals surface area contributed by atoms with Gasteiger partial charge in [0, 0.05) is 17.2 Å². The average molecular weight is 331 g/mol. The number of nitrogens with zero attached hydrogens (tertiary/aromatic N) is 5. The van der Waals surface area contributed by atoms with E-state index in [4.69, 9.17) is 4.99 Å². The third kappa shape index (κ3) is 2.76. The zero-order valence-corrected chi connectivity index (χ0v) is 14.8. The number of aromatic nitrogens is 3. The van der Waals surface area contributed by atoms with Crippen molar-refractivity contribution >= 4 is 22.6 Å². The van der Waals surface area contributed by atoms with Gasteiger partial charge >= 0.3 is 0 Å². The van der Waals surface area contributed by atoms with Crippen molar-refractivity contribution in [3.8, 4) is 0 Å². The van der Waals surface area contributed by atoms with Crippen molar-refractivity contribution in [2.45, 2.75) is 33.2 Å². The van der Waals surface area contributed by atoms with Gasteiger partial charge in [-0.15, -0.1) is 5.10 Å². The van der Waals surface area contributed by atoms with E-state index in [1.54, 1.807) is 0 Å². The van der Waals surface area contributed by atoms with Crippen LogP contribution in [-0.4, -0.2) is 33.1 Å². The van der Waals surface area contributed by atoms with Gasteiger partial charge in [-0.3, -0.25) is 4.99 Å². The first kappa shape index (κ1) is 15.7. The van der Waals surface area contributed by atoms with Crippen LogP contribution in [0.25, 0.3) is 11.0 Å². The Labute approximate surface area is 147 Å². The molecule has 1 aromatic heterocycles. The van der Waals surface area contributed by atoms with Crippen molar-refractivity contribution in [3.05, 3.63) is 59.2 Å². The van der Waals surface area contributed by atoms with Crippen molar-refractivity contribution < 1.29 is 0 Å². The fourth-order valence-corrected chi connectivity index (χ4v) is 3.20. The van der Waals surface area contributed by atoms with Crippen LogP contribution in [0.4, 0.5) is 0 Å². The van der Waals surface area contributed by atoms with Gasteiger partial charge in [-0.2, -0.15) is 0 Å². The van der Waals surface area contributed by atoms with Crippen molar-refractivity contribution in [1.82, 2.24) is 15.0 Å². The summed E-state index contributed by atoms with van der Waals surface area (Å²) in [4.78, 5) is 9.46. The summed E-state index contributed by atoms with van der Waals surface area (Å²) in [6.45, 7) is 6.98. The summed E-state index contributed by atoms with van der Waals surface area (Å²) >= 11 is 0. The summed E-state index contributed by atoms with van der Waals surface area (Å²) in [5.74, 6) is 0.832. The van der Waals surface area contributed by atoms with Crippen molar-refractivity contribution in [2.24, 2.45) is 9.98 Å². The largest absolute Gasteiger partial charge is 0.260 e. The number of amidine groups is 1. The van der Waals surface area contributed by atoms with E-state index in [0.29, 0.717) is 12.6 Å². The van der Waals surface area contributed by atoms with E-state index in [0.717, 1.165) is 40.1 Å². The lowest BCUT2D eigenvalue weighted by atomic mass is 10.0. The van der Waals surface area contributed by atoms with Crippen LogP contribution in [0.15, 0.2) is 52.4 Å². The quantitative estimate of drug-likeness (QED) is 0.729. The van der Waals surface area contributed by atoms with Crippen LogP contribution in [-0.2, 0) is 6.42 Å². The molecule has 0 spiro atoms. The molecule has 0 N–H and O–H groups in total. The average Bonchev–Trinajstić information content (AvgIpc) is 3.28. The monoisotopic (exact) mass is 331 g/mol. The van der Waals surface area contributed by atoms with Crippen molar-refractivity contribution in [3.63, 3.8) is 0 Å². The molecule has 0 saturated carbocycles. The maximum atomic E-state index is 4.80. The van der Waals surface area contributed by atoms with Crippen LogP contribution in [0.3, 0.4) is 0 Å². The highest BCUT2D eigenvalue weighted by atomic mass is 15.4. The fraction of sp³-hybridized carbons (Fsp3) is 0.300. The van der Waals surface area contributed by atoms with Gasteiger partial charge in [0.2, 0.25) is 0 Å². The van der Waals surface area contributed by atoms with Crippen LogP contribution in [0.5, 0.6) is 0 Å². The normalized spacial score (nSPS) is 14.2. The predicted octanol–water partition coefficient (Wildman–Crippen LogP) is 3.82. The van der Waals surface area contributed by atoms with E-state index in [-0.39, 0.29) is 0 Å². The highest BCUT2D eigenvalue weighted by Gasteiger charge is 2.17. The second-order valence-electron chi connectivity index (χ2n) is 6.54. The Hall–Kier alpha value is -2.82. The Bertz CT molecular complexity index is 994. The van der Waals surface area contributed by atoms with Gasteiger partial charge in [0.1, 0.15) is 5.52 Å². The van der Waals surface area contributed by atoms with Crippen molar-refractivity contribution in [1.29, 1.82) is 0 Å². The molecule has 0 amide bonds. The first-order valence-electron chi connectivity index (χ1n) is 8.73. The molecular weight excluding hydrogens is 310 g/mol. The molecule has 0 atom stereocenters. The van der Waals surface area contributed by atoms with Crippen LogP contribution < -0.4 is 0 Å². The number of fused-ring (bicyclic) bond motifs is 1. The van der Waals surface area contributed by atoms with E-state index in [9.17, 15) is 0 Å². The smallest absolute Gasteiger partial charge is 0.155 e. The van der Waals surface area contributed by atoms with Gasteiger partial charge < -0.3 is 0 Å². The lowest BCUT2D eigenvalue weighted by molar-refractivity contribution is 0.530. The Morgan fingerprint density at radius 1 is 1.12 bits per heavy atom. The molecule has 0 fully saturated rings. The Kier molecular flexibility index (Phi) is 3.92. The second-order valence-corrected chi connectivity index (χ2v) is 6.54. The molecule has 5 nitrogen and oxygen atoms in total. The summed E-state index contributed by atoms with van der Waals surface area (Å²) in [7, 11) is 0. The van der Waals surface area contributed by atoms with Crippen LogP contribution in [0, 0.1) is 0 Å². The number of aryl methyl sites for hydroxylation is 1. The Morgan fingerprint density at radius 2 is 1.96 bits per heavy atom. The summed E-state index contributed by atoms with van der Waals surface area (Å²) in [5.41, 5.74) is 6.41. The lowest BCUT2D eigenvalue weighted by Gasteiger charge is -2.06. The molecule has 4 rings (SSSR count). The molecule has 2 aromatic carbocycles. The maximum Gasteiger partial charge on any atom is 0.155 e. The minimum atomic E-state index is 0.292. The zero-order chi connectivity index (χ0) is 17.4. The van der Waals surface area contributed by atoms with E-state index < -0.39 is 0 Å². The standard InChI is InChI=1S/C20H21N5/c1-4-14-7-5-6-8-16(14)20-21-12-18(22-20)15-9-10-19-17(11-15)23-24-25(19)13(2)3/h5-11,13H,4,12H2,1-3H3. The van der Waals surface area contributed by atoms with Gasteiger partial charge in [-0.25, -0.2) is 9.67 Å². The minimum absolute atomic E-state index is 0.292. The van der Waals surface area contributed by atoms with E-state index in [1.807, 2.05) is 10.7 Å². The SMILES string of the molecule is CCc1ccccc1C1=NCC(c2ccc3c(c2)nnn3C(C)C)=N1. The molecule has 0 radical (unpaired) electrons. The van der Waals surface area contributed by atoms with Crippen LogP contribution in [0.1, 0.15) is 43.5 Å². The van der Waals surface area contributed by atoms with Gasteiger partial charge in [-0.05, 0) is 38.0 Å². The van der Waals surface area contributed by atoms with Gasteiger partial charge in [0.05, 0.1) is 17.8 Å². The number of hydrogen-bond donors (Lipinski definition) is 0. The summed E-state index contributed by atoms with van der Waals surface area (Å²) in [6, 6.07) is 14.9. The second kappa shape index (κ2) is 6.24. The molecule has 1 aliphatic rings. The molecule has 0 saturated heterocycles. The van der Waals surface area contributed by atoms with Crippen molar-refractivity contribution in [2.75, 3.05) is 6.54 Å². The molecule has 0 aliphatic carbocycles. The van der Waals surface area contributed by atoms with E-state index in [2.05, 4.69) is 72.5 Å². The number of hydrogen-bond acceptors (Lipinski definition) is 4. The molecular formula is C20H21N5. The molecule has 0 bridgehead atoms. The number of rotatable bonds is 4. The number of aliphatic imine (C=N–C) groups is 2. The number of benzene rings is 2. The highest BCUT2D eigenvalue weighted by Crippen LogP contribution is 2.20. The molecule has 5 heteroatoms. The topological polar surface area (TPSA) is 55.4 Å². The van der Waals surface area contributed by atoms with Crippen LogP contribution >= 0.6 is 0 Å². The zero-order valence-electron chi connectivity index (χ0n) is 14.8. The third-order valence-corrected chi connectivity index (χ3v) is 4.55. The Morgan fingerprint density at radius 3 is 2.76 bits per heavy atom. The van der Waals surface area contributed by atoms with Gasteiger partial charge in [-0.1, -0.05) is 42.5 Å². The first-order chi connectivity index (χ1) is 12.2. The first-order valence-corrected chi connectivity index (χ1v) is 8.73. The molecule has 1 aliphatic heterocycles. The van der Waals surface area contributed by atoms with Gasteiger partial charge in [0.25, 0.3) is 0 Å². The summed E-state index contributed by atoms with van der Waals surface area (Å²) < 4.78 is 1.94. The third-order valence-electron chi connectivity index (χ3n) is 4.55. The summed E-state index contributed by atoms with van der Waals surface area (Å²) in [6.07, 6.45) is 0.977. The lowest BCUT2D eigenvalue weighted by Crippen LogP contribution is -2.04. The maximum absolute atomic E-state index is 4.80. The van der Waals surface area contributed by atoms with E-state index >= 15 is 0 Å². The highest BCUT2D eigenvalue weighted by molar-refractivity contribution is 6.18.